The quantitative estimate of drug-likeness (QED) is 0.866. The molecule has 3 heterocycles. The summed E-state index contributed by atoms with van der Waals surface area (Å²) in [6.45, 7) is 4.07. The lowest BCUT2D eigenvalue weighted by Crippen LogP contribution is -2.48. The van der Waals surface area contributed by atoms with Crippen molar-refractivity contribution in [3.8, 4) is 10.6 Å². The monoisotopic (exact) mass is 374 g/mol. The van der Waals surface area contributed by atoms with Crippen LogP contribution in [-0.4, -0.2) is 35.0 Å². The first-order valence-corrected chi connectivity index (χ1v) is 7.93. The average molecular weight is 375 g/mol. The number of aromatic nitrogens is 2. The molecule has 2 N–H and O–H groups in total. The van der Waals surface area contributed by atoms with Crippen LogP contribution in [0.25, 0.3) is 10.6 Å². The highest BCUT2D eigenvalue weighted by Gasteiger charge is 2.23. The van der Waals surface area contributed by atoms with Crippen LogP contribution >= 0.6 is 36.2 Å². The van der Waals surface area contributed by atoms with Crippen LogP contribution in [-0.2, 0) is 0 Å². The van der Waals surface area contributed by atoms with Crippen LogP contribution in [0.1, 0.15) is 23.0 Å². The zero-order valence-corrected chi connectivity index (χ0v) is 15.1. The lowest BCUT2D eigenvalue weighted by molar-refractivity contribution is 0.0918. The minimum absolute atomic E-state index is 0. The molecule has 2 aromatic heterocycles. The van der Waals surface area contributed by atoms with Gasteiger partial charge in [-0.05, 0) is 37.6 Å². The Hall–Kier alpha value is -1.21. The van der Waals surface area contributed by atoms with Crippen LogP contribution in [0.4, 0.5) is 0 Å². The molecule has 0 spiro atoms. The molecule has 8 heteroatoms. The van der Waals surface area contributed by atoms with E-state index < -0.39 is 0 Å². The lowest BCUT2D eigenvalue weighted by Gasteiger charge is -2.29. The maximum absolute atomic E-state index is 12.3. The Kier molecular flexibility index (Phi) is 7.91. The van der Waals surface area contributed by atoms with Crippen LogP contribution < -0.4 is 10.6 Å². The van der Waals surface area contributed by atoms with Crippen molar-refractivity contribution in [3.05, 3.63) is 35.6 Å². The number of rotatable bonds is 3. The number of hydrogen-bond acceptors (Lipinski definition) is 5. The van der Waals surface area contributed by atoms with Crippen molar-refractivity contribution >= 4 is 42.1 Å². The van der Waals surface area contributed by atoms with Gasteiger partial charge in [-0.1, -0.05) is 6.92 Å². The summed E-state index contributed by atoms with van der Waals surface area (Å²) in [7, 11) is 0. The van der Waals surface area contributed by atoms with Gasteiger partial charge in [0.1, 0.15) is 9.88 Å². The summed E-state index contributed by atoms with van der Waals surface area (Å²) < 4.78 is 0. The maximum atomic E-state index is 12.3. The molecule has 23 heavy (non-hydrogen) atoms. The molecule has 0 bridgehead atoms. The number of amides is 1. The summed E-state index contributed by atoms with van der Waals surface area (Å²) in [4.78, 5) is 21.3. The summed E-state index contributed by atoms with van der Waals surface area (Å²) in [5, 5.41) is 7.31. The number of pyridine rings is 1. The summed E-state index contributed by atoms with van der Waals surface area (Å²) in [6, 6.07) is 4.04. The Morgan fingerprint density at radius 3 is 2.78 bits per heavy atom. The number of hydrogen-bond donors (Lipinski definition) is 2. The summed E-state index contributed by atoms with van der Waals surface area (Å²) in [6.07, 6.45) is 6.09. The number of carbonyl (C=O) groups is 1. The van der Waals surface area contributed by atoms with Crippen LogP contribution in [0, 0.1) is 5.92 Å². The minimum Gasteiger partial charge on any atom is -0.348 e. The van der Waals surface area contributed by atoms with Gasteiger partial charge in [-0.2, -0.15) is 0 Å². The summed E-state index contributed by atoms with van der Waals surface area (Å²) >= 11 is 1.42. The van der Waals surface area contributed by atoms with E-state index in [1.54, 1.807) is 18.6 Å². The van der Waals surface area contributed by atoms with Gasteiger partial charge in [0.2, 0.25) is 0 Å². The van der Waals surface area contributed by atoms with E-state index in [-0.39, 0.29) is 36.8 Å². The van der Waals surface area contributed by atoms with Crippen molar-refractivity contribution < 1.29 is 4.79 Å². The fourth-order valence-electron chi connectivity index (χ4n) is 2.48. The minimum atomic E-state index is -0.0217. The van der Waals surface area contributed by atoms with E-state index in [9.17, 15) is 4.79 Å². The van der Waals surface area contributed by atoms with E-state index in [2.05, 4.69) is 27.5 Å². The van der Waals surface area contributed by atoms with Gasteiger partial charge in [-0.25, -0.2) is 4.98 Å². The smallest absolute Gasteiger partial charge is 0.263 e. The van der Waals surface area contributed by atoms with E-state index in [0.29, 0.717) is 10.8 Å². The van der Waals surface area contributed by atoms with Gasteiger partial charge < -0.3 is 10.6 Å². The molecule has 0 aromatic carbocycles. The highest BCUT2D eigenvalue weighted by molar-refractivity contribution is 7.16. The molecule has 1 aliphatic heterocycles. The standard InChI is InChI=1S/C15H18N4OS.2ClH/c1-10-8-17-7-4-12(10)19-14(20)13-9-18-15(21-13)11-2-5-16-6-3-11;;/h2-3,5-6,9-10,12,17H,4,7-8H2,1H3,(H,19,20);2*1H. The molecule has 0 saturated carbocycles. The lowest BCUT2D eigenvalue weighted by atomic mass is 9.95. The van der Waals surface area contributed by atoms with Gasteiger partial charge in [-0.3, -0.25) is 9.78 Å². The van der Waals surface area contributed by atoms with Gasteiger partial charge in [0.15, 0.2) is 0 Å². The molecule has 2 unspecified atom stereocenters. The molecular formula is C15H20Cl2N4OS. The number of carbonyl (C=O) groups excluding carboxylic acids is 1. The van der Waals surface area contributed by atoms with E-state index in [1.165, 1.54) is 11.3 Å². The first kappa shape index (κ1) is 19.8. The molecule has 0 radical (unpaired) electrons. The third-order valence-electron chi connectivity index (χ3n) is 3.76. The van der Waals surface area contributed by atoms with Crippen molar-refractivity contribution in [1.82, 2.24) is 20.6 Å². The maximum Gasteiger partial charge on any atom is 0.263 e. The summed E-state index contributed by atoms with van der Waals surface area (Å²) in [5.74, 6) is 0.432. The van der Waals surface area contributed by atoms with E-state index in [0.717, 1.165) is 30.1 Å². The predicted molar refractivity (Wildman–Crippen MR) is 97.7 cm³/mol. The van der Waals surface area contributed by atoms with Gasteiger partial charge in [-0.15, -0.1) is 36.2 Å². The van der Waals surface area contributed by atoms with E-state index >= 15 is 0 Å². The third-order valence-corrected chi connectivity index (χ3v) is 4.80. The van der Waals surface area contributed by atoms with Crippen molar-refractivity contribution in [2.45, 2.75) is 19.4 Å². The Balaban J connectivity index is 0.00000132. The zero-order valence-electron chi connectivity index (χ0n) is 12.7. The molecule has 1 saturated heterocycles. The fourth-order valence-corrected chi connectivity index (χ4v) is 3.30. The SMILES string of the molecule is CC1CNCCC1NC(=O)c1cnc(-c2ccncc2)s1.Cl.Cl. The van der Waals surface area contributed by atoms with Crippen LogP contribution in [0.15, 0.2) is 30.7 Å². The Morgan fingerprint density at radius 1 is 1.35 bits per heavy atom. The molecule has 2 aromatic rings. The number of thiazole rings is 1. The second-order valence-electron chi connectivity index (χ2n) is 5.32. The van der Waals surface area contributed by atoms with Gasteiger partial charge >= 0.3 is 0 Å². The van der Waals surface area contributed by atoms with Crippen LogP contribution in [0.2, 0.25) is 0 Å². The Bertz CT molecular complexity index is 623. The molecule has 126 valence electrons. The first-order valence-electron chi connectivity index (χ1n) is 7.12. The van der Waals surface area contributed by atoms with Crippen molar-refractivity contribution in [1.29, 1.82) is 0 Å². The molecule has 1 aliphatic rings. The van der Waals surface area contributed by atoms with Crippen LogP contribution in [0.5, 0.6) is 0 Å². The normalized spacial score (nSPS) is 20.0. The zero-order chi connectivity index (χ0) is 14.7. The second-order valence-corrected chi connectivity index (χ2v) is 6.35. The Labute approximate surface area is 152 Å². The van der Waals surface area contributed by atoms with Gasteiger partial charge in [0.25, 0.3) is 5.91 Å². The second kappa shape index (κ2) is 9.17. The van der Waals surface area contributed by atoms with Gasteiger partial charge in [0, 0.05) is 24.0 Å². The molecule has 0 aliphatic carbocycles. The number of halogens is 2. The molecule has 1 fully saturated rings. The van der Waals surface area contributed by atoms with Gasteiger partial charge in [0.05, 0.1) is 6.20 Å². The molecule has 1 amide bonds. The number of nitrogens with zero attached hydrogens (tertiary/aromatic N) is 2. The first-order chi connectivity index (χ1) is 10.2. The molecule has 2 atom stereocenters. The van der Waals surface area contributed by atoms with Crippen molar-refractivity contribution in [2.24, 2.45) is 5.92 Å². The third kappa shape index (κ3) is 4.88. The van der Waals surface area contributed by atoms with E-state index in [1.807, 2.05) is 12.1 Å². The highest BCUT2D eigenvalue weighted by Crippen LogP contribution is 2.24. The topological polar surface area (TPSA) is 66.9 Å². The molecular weight excluding hydrogens is 355 g/mol. The number of nitrogens with one attached hydrogen (secondary N) is 2. The van der Waals surface area contributed by atoms with Crippen LogP contribution in [0.3, 0.4) is 0 Å². The van der Waals surface area contributed by atoms with Crippen molar-refractivity contribution in [3.63, 3.8) is 0 Å². The summed E-state index contributed by atoms with van der Waals surface area (Å²) in [5.41, 5.74) is 0.990. The molecule has 5 nitrogen and oxygen atoms in total. The largest absolute Gasteiger partial charge is 0.348 e. The average Bonchev–Trinajstić information content (AvgIpc) is 3.00. The molecule has 3 rings (SSSR count). The fraction of sp³-hybridized carbons (Fsp3) is 0.400. The number of piperidine rings is 1. The highest BCUT2D eigenvalue weighted by atomic mass is 35.5. The Morgan fingerprint density at radius 2 is 2.09 bits per heavy atom. The van der Waals surface area contributed by atoms with Crippen molar-refractivity contribution in [2.75, 3.05) is 13.1 Å². The predicted octanol–water partition coefficient (Wildman–Crippen LogP) is 2.78. The van der Waals surface area contributed by atoms with E-state index in [4.69, 9.17) is 0 Å².